The first kappa shape index (κ1) is 20.5. The molecule has 170 valence electrons. The Morgan fingerprint density at radius 3 is 1.06 bits per heavy atom. The van der Waals surface area contributed by atoms with Crippen LogP contribution in [0.5, 0.6) is 0 Å². The highest BCUT2D eigenvalue weighted by molar-refractivity contribution is 5.53. The number of ether oxygens (including phenoxy) is 4. The molecule has 0 spiro atoms. The van der Waals surface area contributed by atoms with Crippen LogP contribution in [0.15, 0.2) is 60.7 Å². The monoisotopic (exact) mass is 436 g/mol. The van der Waals surface area contributed by atoms with Gasteiger partial charge in [-0.2, -0.15) is 0 Å². The number of hydrogen-bond acceptors (Lipinski definition) is 6. The standard InChI is InChI=1S/C26H32N2O4/c1-3-7-19(8-4-1)27-25(11-21-15-29-21,12-22-16-30-22)26(13-23-17-31-23,14-24-18-32-24)28-20-9-5-2-6-10-20/h1-10,21-24,27-28H,11-18H2. The van der Waals surface area contributed by atoms with Crippen LogP contribution in [0.2, 0.25) is 0 Å². The fourth-order valence-corrected chi connectivity index (χ4v) is 5.29. The maximum atomic E-state index is 5.82. The van der Waals surface area contributed by atoms with Crippen LogP contribution in [-0.2, 0) is 18.9 Å². The first-order valence-electron chi connectivity index (χ1n) is 11.8. The van der Waals surface area contributed by atoms with Crippen LogP contribution in [0.4, 0.5) is 11.4 Å². The second kappa shape index (κ2) is 8.34. The molecule has 32 heavy (non-hydrogen) atoms. The average Bonchev–Trinajstić information content (AvgIpc) is 3.60. The predicted molar refractivity (Wildman–Crippen MR) is 123 cm³/mol. The minimum absolute atomic E-state index is 0.266. The zero-order chi connectivity index (χ0) is 21.4. The summed E-state index contributed by atoms with van der Waals surface area (Å²) in [6, 6.07) is 21.1. The highest BCUT2D eigenvalue weighted by atomic mass is 16.6. The highest BCUT2D eigenvalue weighted by Crippen LogP contribution is 2.49. The van der Waals surface area contributed by atoms with Crippen molar-refractivity contribution in [3.63, 3.8) is 0 Å². The molecule has 4 fully saturated rings. The molecule has 4 aliphatic heterocycles. The molecule has 4 aliphatic rings. The summed E-state index contributed by atoms with van der Waals surface area (Å²) in [5, 5.41) is 8.06. The van der Waals surface area contributed by atoms with Gasteiger partial charge in [0, 0.05) is 37.1 Å². The van der Waals surface area contributed by atoms with Gasteiger partial charge in [-0.15, -0.1) is 0 Å². The molecular weight excluding hydrogens is 404 g/mol. The van der Waals surface area contributed by atoms with Crippen molar-refractivity contribution >= 4 is 11.4 Å². The van der Waals surface area contributed by atoms with E-state index in [4.69, 9.17) is 18.9 Å². The van der Waals surface area contributed by atoms with Gasteiger partial charge in [0.2, 0.25) is 0 Å². The Morgan fingerprint density at radius 1 is 0.531 bits per heavy atom. The Bertz CT molecular complexity index is 789. The summed E-state index contributed by atoms with van der Waals surface area (Å²) in [6.07, 6.45) is 4.73. The lowest BCUT2D eigenvalue weighted by atomic mass is 9.65. The van der Waals surface area contributed by atoms with Gasteiger partial charge in [0.15, 0.2) is 0 Å². The van der Waals surface area contributed by atoms with Crippen LogP contribution in [-0.4, -0.2) is 61.9 Å². The van der Waals surface area contributed by atoms with Gasteiger partial charge in [0.25, 0.3) is 0 Å². The van der Waals surface area contributed by atoms with E-state index in [0.717, 1.165) is 63.5 Å². The zero-order valence-corrected chi connectivity index (χ0v) is 18.4. The van der Waals surface area contributed by atoms with E-state index in [1.54, 1.807) is 0 Å². The van der Waals surface area contributed by atoms with E-state index >= 15 is 0 Å². The van der Waals surface area contributed by atoms with Gasteiger partial charge in [-0.1, -0.05) is 36.4 Å². The third-order valence-electron chi connectivity index (χ3n) is 7.14. The minimum atomic E-state index is -0.287. The fraction of sp³-hybridized carbons (Fsp3) is 0.538. The Labute approximate surface area is 189 Å². The van der Waals surface area contributed by atoms with Gasteiger partial charge in [0.05, 0.1) is 61.9 Å². The van der Waals surface area contributed by atoms with Crippen LogP contribution in [0.3, 0.4) is 0 Å². The van der Waals surface area contributed by atoms with Crippen LogP contribution < -0.4 is 10.6 Å². The smallest absolute Gasteiger partial charge is 0.0833 e. The Morgan fingerprint density at radius 2 is 0.812 bits per heavy atom. The molecule has 0 aromatic heterocycles. The van der Waals surface area contributed by atoms with E-state index < -0.39 is 0 Å². The van der Waals surface area contributed by atoms with Crippen molar-refractivity contribution in [2.24, 2.45) is 0 Å². The molecule has 0 bridgehead atoms. The highest BCUT2D eigenvalue weighted by Gasteiger charge is 2.59. The van der Waals surface area contributed by atoms with E-state index in [1.165, 1.54) is 0 Å². The second-order valence-corrected chi connectivity index (χ2v) is 9.78. The lowest BCUT2D eigenvalue weighted by Crippen LogP contribution is -2.66. The molecule has 2 N–H and O–H groups in total. The predicted octanol–water partition coefficient (Wildman–Crippen LogP) is 3.84. The Kier molecular flexibility index (Phi) is 5.34. The van der Waals surface area contributed by atoms with E-state index in [0.29, 0.717) is 0 Å². The lowest BCUT2D eigenvalue weighted by Gasteiger charge is -2.53. The van der Waals surface area contributed by atoms with Gasteiger partial charge >= 0.3 is 0 Å². The number of para-hydroxylation sites is 2. The Hall–Kier alpha value is -2.12. The molecule has 6 heteroatoms. The maximum absolute atomic E-state index is 5.82. The van der Waals surface area contributed by atoms with Crippen molar-refractivity contribution in [1.29, 1.82) is 0 Å². The normalized spacial score (nSPS) is 31.1. The number of anilines is 2. The first-order chi connectivity index (χ1) is 15.7. The molecular formula is C26H32N2O4. The van der Waals surface area contributed by atoms with Crippen molar-refractivity contribution in [3.05, 3.63) is 60.7 Å². The number of nitrogens with one attached hydrogen (secondary N) is 2. The zero-order valence-electron chi connectivity index (χ0n) is 18.4. The molecule has 6 rings (SSSR count). The van der Waals surface area contributed by atoms with Gasteiger partial charge in [-0.3, -0.25) is 0 Å². The van der Waals surface area contributed by atoms with Crippen LogP contribution in [0, 0.1) is 0 Å². The summed E-state index contributed by atoms with van der Waals surface area (Å²) in [6.45, 7) is 3.30. The third kappa shape index (κ3) is 4.79. The number of benzene rings is 2. The summed E-state index contributed by atoms with van der Waals surface area (Å²) in [5.74, 6) is 0. The SMILES string of the molecule is c1ccc(NC(CC2CO2)(CC2CO2)C(CC2CO2)(CC2CO2)Nc2ccccc2)cc1. The molecule has 0 aliphatic carbocycles. The molecule has 0 radical (unpaired) electrons. The van der Waals surface area contributed by atoms with Crippen LogP contribution in [0.1, 0.15) is 25.7 Å². The van der Waals surface area contributed by atoms with Crippen LogP contribution in [0.25, 0.3) is 0 Å². The summed E-state index contributed by atoms with van der Waals surface area (Å²) >= 11 is 0. The molecule has 2 aromatic carbocycles. The largest absolute Gasteiger partial charge is 0.377 e. The van der Waals surface area contributed by atoms with Crippen LogP contribution >= 0.6 is 0 Å². The summed E-state index contributed by atoms with van der Waals surface area (Å²) in [7, 11) is 0. The molecule has 0 saturated carbocycles. The van der Waals surface area contributed by atoms with Gasteiger partial charge in [0.1, 0.15) is 0 Å². The minimum Gasteiger partial charge on any atom is -0.377 e. The van der Waals surface area contributed by atoms with Gasteiger partial charge in [-0.25, -0.2) is 0 Å². The third-order valence-corrected chi connectivity index (χ3v) is 7.14. The van der Waals surface area contributed by atoms with Crippen molar-refractivity contribution < 1.29 is 18.9 Å². The van der Waals surface area contributed by atoms with Crippen molar-refractivity contribution in [2.75, 3.05) is 37.1 Å². The molecule has 6 nitrogen and oxygen atoms in total. The number of hydrogen-bond donors (Lipinski definition) is 2. The average molecular weight is 437 g/mol. The van der Waals surface area contributed by atoms with E-state index in [2.05, 4.69) is 71.3 Å². The Balaban J connectivity index is 1.45. The molecule has 2 aromatic rings. The topological polar surface area (TPSA) is 74.2 Å². The second-order valence-electron chi connectivity index (χ2n) is 9.78. The van der Waals surface area contributed by atoms with E-state index in [9.17, 15) is 0 Å². The van der Waals surface area contributed by atoms with Crippen molar-refractivity contribution in [2.45, 2.75) is 61.2 Å². The molecule has 4 heterocycles. The lowest BCUT2D eigenvalue weighted by molar-refractivity contribution is 0.154. The fourth-order valence-electron chi connectivity index (χ4n) is 5.29. The first-order valence-corrected chi connectivity index (χ1v) is 11.8. The summed E-state index contributed by atoms with van der Waals surface area (Å²) in [5.41, 5.74) is 1.68. The molecule has 4 unspecified atom stereocenters. The van der Waals surface area contributed by atoms with E-state index in [1.807, 2.05) is 0 Å². The summed E-state index contributed by atoms with van der Waals surface area (Å²) in [4.78, 5) is 0. The summed E-state index contributed by atoms with van der Waals surface area (Å²) < 4.78 is 23.3. The number of rotatable bonds is 13. The van der Waals surface area contributed by atoms with Gasteiger partial charge in [-0.05, 0) is 24.3 Å². The van der Waals surface area contributed by atoms with Gasteiger partial charge < -0.3 is 29.6 Å². The molecule has 4 atom stereocenters. The molecule has 0 amide bonds. The van der Waals surface area contributed by atoms with Crippen molar-refractivity contribution in [1.82, 2.24) is 0 Å². The van der Waals surface area contributed by atoms with E-state index in [-0.39, 0.29) is 35.5 Å². The van der Waals surface area contributed by atoms with Crippen molar-refractivity contribution in [3.8, 4) is 0 Å². The molecule has 4 saturated heterocycles. The quantitative estimate of drug-likeness (QED) is 0.465. The number of epoxide rings is 4. The maximum Gasteiger partial charge on any atom is 0.0833 e.